The molecule has 0 radical (unpaired) electrons. The summed E-state index contributed by atoms with van der Waals surface area (Å²) in [6.07, 6.45) is 3.53. The highest BCUT2D eigenvalue weighted by Gasteiger charge is 2.33. The van der Waals surface area contributed by atoms with Gasteiger partial charge in [-0.3, -0.25) is 14.3 Å². The lowest BCUT2D eigenvalue weighted by Gasteiger charge is -2.18. The molecule has 0 atom stereocenters. The summed E-state index contributed by atoms with van der Waals surface area (Å²) >= 11 is 0. The molecule has 3 aromatic carbocycles. The quantitative estimate of drug-likeness (QED) is 0.190. The van der Waals surface area contributed by atoms with E-state index in [1.165, 1.54) is 0 Å². The normalized spacial score (nSPS) is 14.1. The summed E-state index contributed by atoms with van der Waals surface area (Å²) in [7, 11) is -3.54. The minimum absolute atomic E-state index is 0.237. The first-order valence-electron chi connectivity index (χ1n) is 12.4. The van der Waals surface area contributed by atoms with Crippen molar-refractivity contribution in [2.24, 2.45) is 0 Å². The number of fused-ring (bicyclic) bond motifs is 1. The standard InChI is InChI=1S/C30H28N3O4P/c1-3-36-38(35,37-4-2)25-14-15-27-26(20-25)28(30(34)33-27)29(23-8-6-5-7-9-23)32-24-12-10-21(11-13-24)22-16-18-31-19-17-22/h5-20,32H,3-4H2,1-2H3,(H,33,34). The maximum absolute atomic E-state index is 13.5. The van der Waals surface area contributed by atoms with Gasteiger partial charge in [0, 0.05) is 29.3 Å². The van der Waals surface area contributed by atoms with Crippen molar-refractivity contribution in [3.8, 4) is 11.1 Å². The molecular formula is C30H28N3O4P. The molecule has 1 amide bonds. The van der Waals surface area contributed by atoms with Gasteiger partial charge in [0.25, 0.3) is 5.91 Å². The minimum atomic E-state index is -3.54. The third-order valence-electron chi connectivity index (χ3n) is 6.14. The van der Waals surface area contributed by atoms with Gasteiger partial charge in [-0.2, -0.15) is 0 Å². The molecule has 0 saturated heterocycles. The molecule has 0 unspecified atom stereocenters. The Morgan fingerprint density at radius 3 is 2.18 bits per heavy atom. The Hall–Kier alpha value is -4.03. The Morgan fingerprint density at radius 2 is 1.53 bits per heavy atom. The van der Waals surface area contributed by atoms with Crippen molar-refractivity contribution in [2.45, 2.75) is 13.8 Å². The van der Waals surface area contributed by atoms with E-state index in [1.807, 2.05) is 66.7 Å². The summed E-state index contributed by atoms with van der Waals surface area (Å²) in [5.41, 5.74) is 6.14. The van der Waals surface area contributed by atoms with Crippen LogP contribution in [0.3, 0.4) is 0 Å². The number of hydrogen-bond donors (Lipinski definition) is 2. The van der Waals surface area contributed by atoms with Gasteiger partial charge in [0.15, 0.2) is 0 Å². The Kier molecular flexibility index (Phi) is 7.52. The summed E-state index contributed by atoms with van der Waals surface area (Å²) in [5, 5.41) is 6.82. The van der Waals surface area contributed by atoms with E-state index in [4.69, 9.17) is 9.05 Å². The third-order valence-corrected chi connectivity index (χ3v) is 8.25. The van der Waals surface area contributed by atoms with Crippen molar-refractivity contribution in [3.05, 3.63) is 108 Å². The van der Waals surface area contributed by atoms with E-state index in [9.17, 15) is 9.36 Å². The van der Waals surface area contributed by atoms with Crippen LogP contribution in [0, 0.1) is 0 Å². The van der Waals surface area contributed by atoms with Gasteiger partial charge in [0.2, 0.25) is 0 Å². The van der Waals surface area contributed by atoms with Crippen LogP contribution in [0.5, 0.6) is 0 Å². The number of rotatable bonds is 9. The number of amides is 1. The van der Waals surface area contributed by atoms with Crippen molar-refractivity contribution >= 4 is 41.5 Å². The van der Waals surface area contributed by atoms with Crippen molar-refractivity contribution in [2.75, 3.05) is 23.8 Å². The molecule has 0 spiro atoms. The zero-order chi connectivity index (χ0) is 26.5. The number of carbonyl (C=O) groups excluding carboxylic acids is 1. The Labute approximate surface area is 222 Å². The monoisotopic (exact) mass is 525 g/mol. The number of hydrogen-bond acceptors (Lipinski definition) is 6. The summed E-state index contributed by atoms with van der Waals surface area (Å²) < 4.78 is 24.6. The predicted molar refractivity (Wildman–Crippen MR) is 152 cm³/mol. The maximum Gasteiger partial charge on any atom is 0.361 e. The molecule has 7 nitrogen and oxygen atoms in total. The van der Waals surface area contributed by atoms with Crippen LogP contribution in [0.4, 0.5) is 11.4 Å². The molecule has 38 heavy (non-hydrogen) atoms. The molecule has 192 valence electrons. The second-order valence-electron chi connectivity index (χ2n) is 8.57. The molecule has 1 aliphatic heterocycles. The van der Waals surface area contributed by atoms with E-state index >= 15 is 0 Å². The fourth-order valence-corrected chi connectivity index (χ4v) is 6.02. The molecule has 0 aliphatic carbocycles. The van der Waals surface area contributed by atoms with Gasteiger partial charge in [0.05, 0.1) is 29.8 Å². The first-order chi connectivity index (χ1) is 18.5. The fourth-order valence-electron chi connectivity index (χ4n) is 4.42. The number of nitrogens with zero attached hydrogens (tertiary/aromatic N) is 1. The van der Waals surface area contributed by atoms with Gasteiger partial charge in [-0.25, -0.2) is 0 Å². The zero-order valence-electron chi connectivity index (χ0n) is 21.2. The Morgan fingerprint density at radius 1 is 0.868 bits per heavy atom. The largest absolute Gasteiger partial charge is 0.361 e. The molecule has 2 N–H and O–H groups in total. The van der Waals surface area contributed by atoms with Gasteiger partial charge in [-0.15, -0.1) is 0 Å². The van der Waals surface area contributed by atoms with Crippen LogP contribution in [0.2, 0.25) is 0 Å². The average molecular weight is 526 g/mol. The number of pyridine rings is 1. The van der Waals surface area contributed by atoms with Crippen molar-refractivity contribution in [1.82, 2.24) is 4.98 Å². The van der Waals surface area contributed by atoms with Crippen LogP contribution in [0.1, 0.15) is 25.0 Å². The third kappa shape index (κ3) is 5.18. The van der Waals surface area contributed by atoms with E-state index in [0.717, 1.165) is 22.4 Å². The molecule has 2 heterocycles. The van der Waals surface area contributed by atoms with Gasteiger partial charge >= 0.3 is 7.60 Å². The summed E-state index contributed by atoms with van der Waals surface area (Å²) in [5.74, 6) is -0.250. The van der Waals surface area contributed by atoms with E-state index in [2.05, 4.69) is 15.6 Å². The van der Waals surface area contributed by atoms with E-state index in [-0.39, 0.29) is 19.1 Å². The second-order valence-corrected chi connectivity index (χ2v) is 10.6. The minimum Gasteiger partial charge on any atom is -0.354 e. The number of nitrogens with one attached hydrogen (secondary N) is 2. The molecule has 0 fully saturated rings. The SMILES string of the molecule is CCOP(=O)(OCC)c1ccc2c(c1)C(=C(Nc1ccc(-c3ccncc3)cc1)c1ccccc1)C(=O)N2. The Bertz CT molecular complexity index is 1510. The van der Waals surface area contributed by atoms with Crippen LogP contribution < -0.4 is 15.9 Å². The molecule has 5 rings (SSSR count). The summed E-state index contributed by atoms with van der Waals surface area (Å²) in [6, 6.07) is 26.7. The van der Waals surface area contributed by atoms with Crippen LogP contribution in [-0.4, -0.2) is 24.1 Å². The number of benzene rings is 3. The van der Waals surface area contributed by atoms with Gasteiger partial charge in [0.1, 0.15) is 0 Å². The van der Waals surface area contributed by atoms with Gasteiger partial charge in [-0.05, 0) is 73.0 Å². The molecule has 4 aromatic rings. The highest BCUT2D eigenvalue weighted by atomic mass is 31.2. The van der Waals surface area contributed by atoms with Crippen LogP contribution in [0.25, 0.3) is 22.4 Å². The van der Waals surface area contributed by atoms with Crippen LogP contribution in [0.15, 0.2) is 97.3 Å². The predicted octanol–water partition coefficient (Wildman–Crippen LogP) is 6.57. The van der Waals surface area contributed by atoms with E-state index < -0.39 is 7.60 Å². The lowest BCUT2D eigenvalue weighted by molar-refractivity contribution is -0.110. The number of carbonyl (C=O) groups is 1. The summed E-state index contributed by atoms with van der Waals surface area (Å²) in [6.45, 7) is 4.01. The molecule has 0 saturated carbocycles. The van der Waals surface area contributed by atoms with Crippen molar-refractivity contribution in [3.63, 3.8) is 0 Å². The molecule has 0 bridgehead atoms. The molecule has 1 aliphatic rings. The fraction of sp³-hybridized carbons (Fsp3) is 0.133. The highest BCUT2D eigenvalue weighted by Crippen LogP contribution is 2.48. The topological polar surface area (TPSA) is 89.6 Å². The molecule has 1 aromatic heterocycles. The zero-order valence-corrected chi connectivity index (χ0v) is 22.1. The lowest BCUT2D eigenvalue weighted by atomic mass is 10.00. The van der Waals surface area contributed by atoms with Crippen LogP contribution >= 0.6 is 7.60 Å². The first kappa shape index (κ1) is 25.6. The van der Waals surface area contributed by atoms with Crippen molar-refractivity contribution in [1.29, 1.82) is 0 Å². The highest BCUT2D eigenvalue weighted by molar-refractivity contribution is 7.62. The van der Waals surface area contributed by atoms with Crippen LogP contribution in [-0.2, 0) is 18.4 Å². The Balaban J connectivity index is 1.60. The van der Waals surface area contributed by atoms with Crippen molar-refractivity contribution < 1.29 is 18.4 Å². The molecule has 8 heteroatoms. The second kappa shape index (κ2) is 11.2. The lowest BCUT2D eigenvalue weighted by Crippen LogP contribution is -2.12. The number of anilines is 2. The maximum atomic E-state index is 13.5. The smallest absolute Gasteiger partial charge is 0.354 e. The first-order valence-corrected chi connectivity index (χ1v) is 14.0. The summed E-state index contributed by atoms with van der Waals surface area (Å²) in [4.78, 5) is 17.4. The molecular weight excluding hydrogens is 497 g/mol. The average Bonchev–Trinajstić information content (AvgIpc) is 3.28. The number of aromatic nitrogens is 1. The van der Waals surface area contributed by atoms with Gasteiger partial charge in [-0.1, -0.05) is 42.5 Å². The van der Waals surface area contributed by atoms with E-state index in [1.54, 1.807) is 44.4 Å². The van der Waals surface area contributed by atoms with Gasteiger partial charge < -0.3 is 19.7 Å². The van der Waals surface area contributed by atoms with E-state index in [0.29, 0.717) is 27.8 Å².